The molecule has 3 aliphatic rings. The molecule has 0 saturated carbocycles. The Morgan fingerprint density at radius 1 is 1.21 bits per heavy atom. The van der Waals surface area contributed by atoms with Crippen LogP contribution in [-0.4, -0.2) is 113 Å². The van der Waals surface area contributed by atoms with Crippen molar-refractivity contribution in [3.8, 4) is 0 Å². The minimum absolute atomic E-state index is 0.583. The Hall–Kier alpha value is -0.890. The normalized spacial score (nSPS) is 26.8. The van der Waals surface area contributed by atoms with E-state index in [4.69, 9.17) is 9.73 Å². The highest BCUT2D eigenvalue weighted by molar-refractivity contribution is 5.79. The number of guanidine groups is 1. The van der Waals surface area contributed by atoms with E-state index in [1.807, 2.05) is 0 Å². The van der Waals surface area contributed by atoms with Crippen LogP contribution in [0.5, 0.6) is 0 Å². The van der Waals surface area contributed by atoms with Crippen molar-refractivity contribution in [3.63, 3.8) is 0 Å². The van der Waals surface area contributed by atoms with E-state index < -0.39 is 0 Å². The van der Waals surface area contributed by atoms with Gasteiger partial charge in [0.25, 0.3) is 0 Å². The molecule has 3 fully saturated rings. The van der Waals surface area contributed by atoms with Gasteiger partial charge in [-0.15, -0.1) is 0 Å². The zero-order valence-electron chi connectivity index (χ0n) is 15.8. The summed E-state index contributed by atoms with van der Waals surface area (Å²) in [6.45, 7) is 13.8. The van der Waals surface area contributed by atoms with Crippen molar-refractivity contribution in [2.45, 2.75) is 19.4 Å². The fourth-order valence-electron chi connectivity index (χ4n) is 3.39. The van der Waals surface area contributed by atoms with Crippen molar-refractivity contribution in [2.75, 3.05) is 86.2 Å². The molecule has 0 amide bonds. The first-order valence-electron chi connectivity index (χ1n) is 9.39. The second kappa shape index (κ2) is 10.9. The maximum Gasteiger partial charge on any atom is 0.191 e. The summed E-state index contributed by atoms with van der Waals surface area (Å²) in [5.74, 6) is 0.945. The number of aliphatic imine (C=N–C) groups is 1. The molecule has 2 N–H and O–H groups in total. The molecule has 0 aliphatic carbocycles. The van der Waals surface area contributed by atoms with Gasteiger partial charge in [0.2, 0.25) is 0 Å². The predicted octanol–water partition coefficient (Wildman–Crippen LogP) is -0.490. The molecule has 3 rings (SSSR count). The molecule has 2 bridgehead atoms. The molecule has 3 aliphatic heterocycles. The van der Waals surface area contributed by atoms with Crippen molar-refractivity contribution >= 4 is 5.96 Å². The summed E-state index contributed by atoms with van der Waals surface area (Å²) in [6, 6.07) is 0.583. The van der Waals surface area contributed by atoms with Crippen molar-refractivity contribution < 1.29 is 4.74 Å². The van der Waals surface area contributed by atoms with Gasteiger partial charge >= 0.3 is 0 Å². The molecule has 0 aromatic heterocycles. The molecule has 0 radical (unpaired) electrons. The van der Waals surface area contributed by atoms with Gasteiger partial charge in [-0.05, 0) is 20.4 Å². The fourth-order valence-corrected chi connectivity index (χ4v) is 3.39. The first-order chi connectivity index (χ1) is 11.7. The topological polar surface area (TPSA) is 55.4 Å². The molecule has 0 spiro atoms. The van der Waals surface area contributed by atoms with Crippen LogP contribution < -0.4 is 10.6 Å². The highest BCUT2D eigenvalue weighted by Crippen LogP contribution is 2.15. The molecule has 0 aromatic carbocycles. The van der Waals surface area contributed by atoms with E-state index in [9.17, 15) is 0 Å². The smallest absolute Gasteiger partial charge is 0.191 e. The van der Waals surface area contributed by atoms with Crippen molar-refractivity contribution in [3.05, 3.63) is 0 Å². The van der Waals surface area contributed by atoms with E-state index in [2.05, 4.69) is 39.3 Å². The third-order valence-electron chi connectivity index (χ3n) is 4.87. The number of nitrogens with one attached hydrogen (secondary N) is 2. The van der Waals surface area contributed by atoms with Gasteiger partial charge in [0.15, 0.2) is 5.96 Å². The third kappa shape index (κ3) is 6.55. The number of rotatable bonds is 10. The highest BCUT2D eigenvalue weighted by atomic mass is 16.5. The summed E-state index contributed by atoms with van der Waals surface area (Å²) in [6.07, 6.45) is 1.08. The van der Waals surface area contributed by atoms with Gasteiger partial charge in [0, 0.05) is 78.7 Å². The number of likely N-dealkylation sites (N-methyl/N-ethyl adjacent to an activating group) is 1. The Bertz CT molecular complexity index is 370. The van der Waals surface area contributed by atoms with E-state index in [1.54, 1.807) is 7.11 Å². The number of hydrogen-bond acceptors (Lipinski definition) is 5. The lowest BCUT2D eigenvalue weighted by molar-refractivity contribution is 0.0174. The minimum atomic E-state index is 0.583. The van der Waals surface area contributed by atoms with Gasteiger partial charge in [-0.25, -0.2) is 0 Å². The number of hydrogen-bond donors (Lipinski definition) is 2. The number of fused-ring (bicyclic) bond motifs is 3. The molecule has 7 nitrogen and oxygen atoms in total. The number of methoxy groups -OCH3 is 1. The largest absolute Gasteiger partial charge is 0.385 e. The van der Waals surface area contributed by atoms with Crippen molar-refractivity contribution in [1.29, 1.82) is 0 Å². The van der Waals surface area contributed by atoms with Crippen LogP contribution in [0.15, 0.2) is 4.99 Å². The lowest BCUT2D eigenvalue weighted by Gasteiger charge is -2.47. The minimum Gasteiger partial charge on any atom is -0.385 e. The summed E-state index contributed by atoms with van der Waals surface area (Å²) in [5.41, 5.74) is 0. The SMILES string of the molecule is CCNC(=NCC1CN2CCN1CC2)NCCN(C)CCCOC. The second-order valence-electron chi connectivity index (χ2n) is 6.79. The number of ether oxygens (including phenoxy) is 1. The van der Waals surface area contributed by atoms with Crippen LogP contribution >= 0.6 is 0 Å². The van der Waals surface area contributed by atoms with Crippen LogP contribution in [0.3, 0.4) is 0 Å². The van der Waals surface area contributed by atoms with E-state index in [1.165, 1.54) is 32.7 Å². The molecular weight excluding hydrogens is 304 g/mol. The monoisotopic (exact) mass is 340 g/mol. The summed E-state index contributed by atoms with van der Waals surface area (Å²) in [7, 11) is 3.91. The second-order valence-corrected chi connectivity index (χ2v) is 6.79. The summed E-state index contributed by atoms with van der Waals surface area (Å²) < 4.78 is 5.10. The van der Waals surface area contributed by atoms with Crippen LogP contribution in [0.4, 0.5) is 0 Å². The molecule has 7 heteroatoms. The Morgan fingerprint density at radius 2 is 2.00 bits per heavy atom. The first kappa shape index (κ1) is 19.4. The molecule has 140 valence electrons. The summed E-state index contributed by atoms with van der Waals surface area (Å²) >= 11 is 0. The zero-order valence-corrected chi connectivity index (χ0v) is 15.8. The molecule has 3 saturated heterocycles. The molecule has 24 heavy (non-hydrogen) atoms. The number of nitrogens with zero attached hydrogens (tertiary/aromatic N) is 4. The standard InChI is InChI=1S/C17H36N6O/c1-4-18-17(19-6-8-21(2)7-5-13-24-3)20-14-16-15-22-9-11-23(16)12-10-22/h16H,4-15H2,1-3H3,(H2,18,19,20). The first-order valence-corrected chi connectivity index (χ1v) is 9.39. The van der Waals surface area contributed by atoms with Gasteiger partial charge in [-0.2, -0.15) is 0 Å². The Balaban J connectivity index is 1.68. The quantitative estimate of drug-likeness (QED) is 0.318. The summed E-state index contributed by atoms with van der Waals surface area (Å²) in [4.78, 5) is 12.3. The zero-order chi connectivity index (χ0) is 17.2. The van der Waals surface area contributed by atoms with Crippen molar-refractivity contribution in [2.24, 2.45) is 4.99 Å². The average molecular weight is 341 g/mol. The van der Waals surface area contributed by atoms with Gasteiger partial charge in [0.1, 0.15) is 0 Å². The van der Waals surface area contributed by atoms with E-state index in [0.29, 0.717) is 6.04 Å². The van der Waals surface area contributed by atoms with E-state index in [-0.39, 0.29) is 0 Å². The maximum absolute atomic E-state index is 5.10. The predicted molar refractivity (Wildman–Crippen MR) is 99.8 cm³/mol. The van der Waals surface area contributed by atoms with Gasteiger partial charge < -0.3 is 20.3 Å². The van der Waals surface area contributed by atoms with Crippen LogP contribution in [0.2, 0.25) is 0 Å². The third-order valence-corrected chi connectivity index (χ3v) is 4.87. The Labute approximate surface area is 147 Å². The molecule has 1 unspecified atom stereocenters. The van der Waals surface area contributed by atoms with Crippen molar-refractivity contribution in [1.82, 2.24) is 25.3 Å². The lowest BCUT2D eigenvalue weighted by Crippen LogP contribution is -2.62. The molecular formula is C17H36N6O. The molecule has 0 aromatic rings. The molecule has 3 heterocycles. The summed E-state index contributed by atoms with van der Waals surface area (Å²) in [5, 5.41) is 6.82. The fraction of sp³-hybridized carbons (Fsp3) is 0.941. The molecule has 1 atom stereocenters. The van der Waals surface area contributed by atoms with E-state index >= 15 is 0 Å². The van der Waals surface area contributed by atoms with Gasteiger partial charge in [0.05, 0.1) is 6.54 Å². The number of piperazine rings is 3. The van der Waals surface area contributed by atoms with E-state index in [0.717, 1.165) is 51.7 Å². The van der Waals surface area contributed by atoms with Crippen LogP contribution in [-0.2, 0) is 4.74 Å². The maximum atomic E-state index is 5.10. The van der Waals surface area contributed by atoms with Crippen LogP contribution in [0.1, 0.15) is 13.3 Å². The van der Waals surface area contributed by atoms with Crippen LogP contribution in [0, 0.1) is 0 Å². The van der Waals surface area contributed by atoms with Crippen LogP contribution in [0.25, 0.3) is 0 Å². The average Bonchev–Trinajstić information content (AvgIpc) is 2.61. The Morgan fingerprint density at radius 3 is 2.62 bits per heavy atom. The van der Waals surface area contributed by atoms with Gasteiger partial charge in [-0.3, -0.25) is 14.8 Å². The highest BCUT2D eigenvalue weighted by Gasteiger charge is 2.31. The lowest BCUT2D eigenvalue weighted by atomic mass is 10.1. The Kier molecular flexibility index (Phi) is 8.80. The van der Waals surface area contributed by atoms with Gasteiger partial charge in [-0.1, -0.05) is 0 Å².